The van der Waals surface area contributed by atoms with E-state index in [9.17, 15) is 0 Å². The lowest BCUT2D eigenvalue weighted by Crippen LogP contribution is -2.23. The van der Waals surface area contributed by atoms with Crippen molar-refractivity contribution in [2.24, 2.45) is 17.8 Å². The minimum Gasteiger partial charge on any atom is -0.0654 e. The summed E-state index contributed by atoms with van der Waals surface area (Å²) in [5, 5.41) is 0. The van der Waals surface area contributed by atoms with Crippen molar-refractivity contribution in [1.29, 1.82) is 0 Å². The molecule has 1 saturated carbocycles. The molecule has 3 atom stereocenters. The van der Waals surface area contributed by atoms with E-state index in [1.165, 1.54) is 86.5 Å². The van der Waals surface area contributed by atoms with E-state index in [1.54, 1.807) is 0 Å². The van der Waals surface area contributed by atoms with Crippen LogP contribution in [0.3, 0.4) is 0 Å². The first-order valence-electron chi connectivity index (χ1n) is 11.9. The Morgan fingerprint density at radius 2 is 1.32 bits per heavy atom. The van der Waals surface area contributed by atoms with Crippen LogP contribution < -0.4 is 0 Å². The molecule has 3 unspecified atom stereocenters. The smallest absolute Gasteiger partial charge is 0.0184 e. The molecular weight excluding hydrogens is 336 g/mol. The van der Waals surface area contributed by atoms with Gasteiger partial charge >= 0.3 is 0 Å². The first kappa shape index (κ1) is 21.2. The summed E-state index contributed by atoms with van der Waals surface area (Å²) < 4.78 is 0. The van der Waals surface area contributed by atoms with E-state index in [-0.39, 0.29) is 0 Å². The molecule has 0 heteroatoms. The Bertz CT molecular complexity index is 679. The third-order valence-corrected chi connectivity index (χ3v) is 7.01. The number of hydrogen-bond donors (Lipinski definition) is 0. The summed E-state index contributed by atoms with van der Waals surface area (Å²) >= 11 is 0. The Kier molecular flexibility index (Phi) is 8.19. The van der Waals surface area contributed by atoms with Crippen molar-refractivity contribution in [3.63, 3.8) is 0 Å². The minimum atomic E-state index is 0.913. The molecule has 0 aliphatic heterocycles. The molecule has 0 nitrogen and oxygen atoms in total. The van der Waals surface area contributed by atoms with Crippen LogP contribution in [0.4, 0.5) is 0 Å². The van der Waals surface area contributed by atoms with Gasteiger partial charge in [0.25, 0.3) is 0 Å². The van der Waals surface area contributed by atoms with Crippen molar-refractivity contribution in [2.75, 3.05) is 0 Å². The van der Waals surface area contributed by atoms with E-state index >= 15 is 0 Å². The van der Waals surface area contributed by atoms with Gasteiger partial charge in [0.15, 0.2) is 0 Å². The third kappa shape index (κ3) is 5.97. The summed E-state index contributed by atoms with van der Waals surface area (Å²) in [4.78, 5) is 0. The zero-order valence-electron chi connectivity index (χ0n) is 18.4. The van der Waals surface area contributed by atoms with Gasteiger partial charge in [-0.3, -0.25) is 0 Å². The van der Waals surface area contributed by atoms with Crippen molar-refractivity contribution in [3.05, 3.63) is 59.7 Å². The van der Waals surface area contributed by atoms with Gasteiger partial charge in [-0.1, -0.05) is 101 Å². The SMILES string of the molecule is CCCCC1CCC(CCc2ccc(-c3ccc(CCC)cc3)cc2)C(C)C1. The molecule has 0 amide bonds. The molecule has 1 aliphatic rings. The van der Waals surface area contributed by atoms with Gasteiger partial charge in [0.2, 0.25) is 0 Å². The summed E-state index contributed by atoms with van der Waals surface area (Å²) in [6.07, 6.45) is 13.6. The third-order valence-electron chi connectivity index (χ3n) is 7.01. The van der Waals surface area contributed by atoms with Crippen molar-refractivity contribution in [3.8, 4) is 11.1 Å². The van der Waals surface area contributed by atoms with Crippen molar-refractivity contribution < 1.29 is 0 Å². The highest BCUT2D eigenvalue weighted by atomic mass is 14.3. The van der Waals surface area contributed by atoms with Gasteiger partial charge in [0.1, 0.15) is 0 Å². The molecule has 0 aromatic heterocycles. The Hall–Kier alpha value is -1.56. The molecule has 0 saturated heterocycles. The first-order valence-corrected chi connectivity index (χ1v) is 11.9. The fourth-order valence-corrected chi connectivity index (χ4v) is 5.12. The van der Waals surface area contributed by atoms with Crippen LogP contribution in [0.2, 0.25) is 0 Å². The Morgan fingerprint density at radius 1 is 0.714 bits per heavy atom. The van der Waals surface area contributed by atoms with Crippen LogP contribution in [0.25, 0.3) is 11.1 Å². The average molecular weight is 377 g/mol. The Balaban J connectivity index is 1.49. The molecule has 1 aliphatic carbocycles. The highest BCUT2D eigenvalue weighted by Crippen LogP contribution is 2.38. The summed E-state index contributed by atoms with van der Waals surface area (Å²) in [7, 11) is 0. The van der Waals surface area contributed by atoms with E-state index in [2.05, 4.69) is 69.3 Å². The van der Waals surface area contributed by atoms with Gasteiger partial charge in [-0.2, -0.15) is 0 Å². The van der Waals surface area contributed by atoms with E-state index in [4.69, 9.17) is 0 Å². The number of benzene rings is 2. The average Bonchev–Trinajstić information content (AvgIpc) is 2.73. The Labute approximate surface area is 173 Å². The maximum absolute atomic E-state index is 2.51. The lowest BCUT2D eigenvalue weighted by Gasteiger charge is -2.34. The summed E-state index contributed by atoms with van der Waals surface area (Å²) in [5.74, 6) is 2.86. The van der Waals surface area contributed by atoms with Crippen LogP contribution in [0.15, 0.2) is 48.5 Å². The second-order valence-electron chi connectivity index (χ2n) is 9.24. The number of aryl methyl sites for hydroxylation is 2. The van der Waals surface area contributed by atoms with E-state index in [1.807, 2.05) is 0 Å². The van der Waals surface area contributed by atoms with Crippen LogP contribution in [-0.2, 0) is 12.8 Å². The largest absolute Gasteiger partial charge is 0.0654 e. The molecule has 0 N–H and O–H groups in total. The number of hydrogen-bond acceptors (Lipinski definition) is 0. The molecule has 2 aromatic rings. The highest BCUT2D eigenvalue weighted by molar-refractivity contribution is 5.63. The fourth-order valence-electron chi connectivity index (χ4n) is 5.12. The predicted molar refractivity (Wildman–Crippen MR) is 124 cm³/mol. The standard InChI is InChI=1S/C28H40/c1-4-6-8-25-14-16-26(22(3)21-25)15-9-24-12-19-28(20-13-24)27-17-10-23(7-5-2)11-18-27/h10-13,17-20,22,25-26H,4-9,14-16,21H2,1-3H3. The van der Waals surface area contributed by atoms with Gasteiger partial charge in [0.05, 0.1) is 0 Å². The summed E-state index contributed by atoms with van der Waals surface area (Å²) in [5.41, 5.74) is 5.63. The summed E-state index contributed by atoms with van der Waals surface area (Å²) in [6, 6.07) is 18.5. The number of unbranched alkanes of at least 4 members (excludes halogenated alkanes) is 1. The fraction of sp³-hybridized carbons (Fsp3) is 0.571. The van der Waals surface area contributed by atoms with Crippen LogP contribution in [0.5, 0.6) is 0 Å². The molecule has 1 fully saturated rings. The molecule has 0 spiro atoms. The van der Waals surface area contributed by atoms with Gasteiger partial charge in [-0.25, -0.2) is 0 Å². The molecule has 0 radical (unpaired) electrons. The number of rotatable bonds is 9. The van der Waals surface area contributed by atoms with Gasteiger partial charge in [0, 0.05) is 0 Å². The molecule has 3 rings (SSSR count). The minimum absolute atomic E-state index is 0.913. The van der Waals surface area contributed by atoms with E-state index in [0.717, 1.165) is 17.8 Å². The highest BCUT2D eigenvalue weighted by Gasteiger charge is 2.26. The molecule has 0 bridgehead atoms. The maximum atomic E-state index is 2.51. The van der Waals surface area contributed by atoms with Gasteiger partial charge in [-0.05, 0) is 72.1 Å². The van der Waals surface area contributed by atoms with Crippen molar-refractivity contribution in [1.82, 2.24) is 0 Å². The van der Waals surface area contributed by atoms with Gasteiger partial charge in [-0.15, -0.1) is 0 Å². The first-order chi connectivity index (χ1) is 13.7. The monoisotopic (exact) mass is 376 g/mol. The molecular formula is C28H40. The zero-order valence-corrected chi connectivity index (χ0v) is 18.4. The maximum Gasteiger partial charge on any atom is -0.0184 e. The molecule has 2 aromatic carbocycles. The summed E-state index contributed by atoms with van der Waals surface area (Å²) in [6.45, 7) is 7.07. The zero-order chi connectivity index (χ0) is 19.8. The van der Waals surface area contributed by atoms with Crippen LogP contribution in [-0.4, -0.2) is 0 Å². The van der Waals surface area contributed by atoms with Crippen LogP contribution in [0.1, 0.15) is 83.3 Å². The van der Waals surface area contributed by atoms with Crippen molar-refractivity contribution in [2.45, 2.75) is 85.0 Å². The van der Waals surface area contributed by atoms with Gasteiger partial charge < -0.3 is 0 Å². The molecule has 152 valence electrons. The lowest BCUT2D eigenvalue weighted by molar-refractivity contribution is 0.176. The molecule has 28 heavy (non-hydrogen) atoms. The van der Waals surface area contributed by atoms with E-state index in [0.29, 0.717) is 0 Å². The predicted octanol–water partition coefficient (Wildman–Crippen LogP) is 8.48. The lowest BCUT2D eigenvalue weighted by atomic mass is 9.71. The second-order valence-corrected chi connectivity index (χ2v) is 9.24. The normalized spacial score (nSPS) is 22.3. The van der Waals surface area contributed by atoms with E-state index < -0.39 is 0 Å². The van der Waals surface area contributed by atoms with Crippen molar-refractivity contribution >= 4 is 0 Å². The second kappa shape index (κ2) is 10.8. The van der Waals surface area contributed by atoms with Crippen LogP contribution in [0, 0.1) is 17.8 Å². The Morgan fingerprint density at radius 3 is 1.86 bits per heavy atom. The molecule has 0 heterocycles. The van der Waals surface area contributed by atoms with Crippen LogP contribution >= 0.6 is 0 Å². The quantitative estimate of drug-likeness (QED) is 0.411. The topological polar surface area (TPSA) is 0 Å².